The zero-order valence-electron chi connectivity index (χ0n) is 21.5. The van der Waals surface area contributed by atoms with Crippen molar-refractivity contribution in [3.63, 3.8) is 0 Å². The Bertz CT molecular complexity index is 1020. The Balaban J connectivity index is 2.15. The highest BCUT2D eigenvalue weighted by atomic mass is 16.2. The molecule has 0 unspecified atom stereocenters. The van der Waals surface area contributed by atoms with Crippen LogP contribution >= 0.6 is 0 Å². The summed E-state index contributed by atoms with van der Waals surface area (Å²) in [4.78, 5) is 49.1. The first-order chi connectivity index (χ1) is 17.1. The maximum atomic E-state index is 13.3. The number of amides is 4. The molecule has 194 valence electrons. The molecule has 0 heterocycles. The van der Waals surface area contributed by atoms with Gasteiger partial charge in [-0.3, -0.25) is 14.4 Å². The minimum Gasteiger partial charge on any atom is -0.352 e. The number of rotatable bonds is 13. The highest BCUT2D eigenvalue weighted by Crippen LogP contribution is 2.20. The number of carbonyl (C=O) groups excluding carboxylic acids is 4. The number of hydrogen-bond donors (Lipinski definition) is 4. The number of hydrogen-bond acceptors (Lipinski definition) is 4. The summed E-state index contributed by atoms with van der Waals surface area (Å²) in [6.07, 6.45) is 1.09. The van der Waals surface area contributed by atoms with Crippen LogP contribution in [0.4, 0.5) is 4.79 Å². The Labute approximate surface area is 213 Å². The van der Waals surface area contributed by atoms with E-state index in [1.54, 1.807) is 0 Å². The van der Waals surface area contributed by atoms with Crippen LogP contribution in [-0.4, -0.2) is 42.3 Å². The molecule has 0 saturated heterocycles. The monoisotopic (exact) mass is 494 g/mol. The quantitative estimate of drug-likeness (QED) is 0.319. The van der Waals surface area contributed by atoms with E-state index in [0.717, 1.165) is 16.7 Å². The van der Waals surface area contributed by atoms with Gasteiger partial charge in [0, 0.05) is 18.9 Å². The van der Waals surface area contributed by atoms with E-state index >= 15 is 0 Å². The Hall–Kier alpha value is -3.68. The molecule has 0 aliphatic heterocycles. The predicted molar refractivity (Wildman–Crippen MR) is 141 cm³/mol. The van der Waals surface area contributed by atoms with Gasteiger partial charge in [0.25, 0.3) is 0 Å². The van der Waals surface area contributed by atoms with Gasteiger partial charge in [-0.2, -0.15) is 0 Å². The van der Waals surface area contributed by atoms with Gasteiger partial charge < -0.3 is 21.7 Å². The second-order valence-electron chi connectivity index (χ2n) is 9.47. The third-order valence-corrected chi connectivity index (χ3v) is 6.32. The van der Waals surface area contributed by atoms with Crippen LogP contribution in [0.5, 0.6) is 0 Å². The number of urea groups is 1. The lowest BCUT2D eigenvalue weighted by atomic mass is 9.95. The summed E-state index contributed by atoms with van der Waals surface area (Å²) in [5.41, 5.74) is 8.10. The van der Waals surface area contributed by atoms with Crippen molar-refractivity contribution in [2.45, 2.75) is 59.0 Å². The molecule has 0 aromatic heterocycles. The Morgan fingerprint density at radius 1 is 0.806 bits per heavy atom. The molecule has 4 amide bonds. The van der Waals surface area contributed by atoms with Gasteiger partial charge in [-0.25, -0.2) is 4.79 Å². The third kappa shape index (κ3) is 9.17. The molecule has 0 radical (unpaired) electrons. The SMILES string of the molecule is CC(=O)[C@H](CCCNC(N)=O)NC(=O)[C@H](Cc1ccc(-c2ccccc2)cc1)NC(=O)[C@@H](C)C(C)C. The van der Waals surface area contributed by atoms with Crippen molar-refractivity contribution >= 4 is 23.6 Å². The maximum absolute atomic E-state index is 13.3. The van der Waals surface area contributed by atoms with Crippen LogP contribution < -0.4 is 21.7 Å². The molecular weight excluding hydrogens is 456 g/mol. The minimum absolute atomic E-state index is 0.113. The lowest BCUT2D eigenvalue weighted by Gasteiger charge is -2.24. The summed E-state index contributed by atoms with van der Waals surface area (Å²) in [6.45, 7) is 7.44. The number of ketones is 1. The molecule has 2 aromatic rings. The molecule has 3 atom stereocenters. The Morgan fingerprint density at radius 2 is 1.39 bits per heavy atom. The van der Waals surface area contributed by atoms with Crippen molar-refractivity contribution < 1.29 is 19.2 Å². The van der Waals surface area contributed by atoms with Crippen molar-refractivity contribution in [2.75, 3.05) is 6.54 Å². The van der Waals surface area contributed by atoms with Crippen molar-refractivity contribution in [2.24, 2.45) is 17.6 Å². The van der Waals surface area contributed by atoms with Crippen molar-refractivity contribution in [1.82, 2.24) is 16.0 Å². The van der Waals surface area contributed by atoms with E-state index in [1.165, 1.54) is 6.92 Å². The average Bonchev–Trinajstić information content (AvgIpc) is 2.85. The van der Waals surface area contributed by atoms with Crippen LogP contribution in [0.2, 0.25) is 0 Å². The first-order valence-corrected chi connectivity index (χ1v) is 12.4. The van der Waals surface area contributed by atoms with Crippen LogP contribution in [0.25, 0.3) is 11.1 Å². The van der Waals surface area contributed by atoms with Gasteiger partial charge in [0.05, 0.1) is 6.04 Å². The number of nitrogens with one attached hydrogen (secondary N) is 3. The fraction of sp³-hybridized carbons (Fsp3) is 0.429. The van der Waals surface area contributed by atoms with Gasteiger partial charge in [0.15, 0.2) is 5.78 Å². The van der Waals surface area contributed by atoms with Gasteiger partial charge in [-0.15, -0.1) is 0 Å². The van der Waals surface area contributed by atoms with E-state index in [2.05, 4.69) is 16.0 Å². The van der Waals surface area contributed by atoms with E-state index in [-0.39, 0.29) is 29.9 Å². The lowest BCUT2D eigenvalue weighted by molar-refractivity contribution is -0.133. The number of benzene rings is 2. The normalized spacial score (nSPS) is 13.4. The summed E-state index contributed by atoms with van der Waals surface area (Å²) in [5.74, 6) is -0.994. The Morgan fingerprint density at radius 3 is 1.94 bits per heavy atom. The second-order valence-corrected chi connectivity index (χ2v) is 9.47. The third-order valence-electron chi connectivity index (χ3n) is 6.32. The van der Waals surface area contributed by atoms with Gasteiger partial charge in [0.1, 0.15) is 6.04 Å². The number of primary amides is 1. The molecule has 5 N–H and O–H groups in total. The smallest absolute Gasteiger partial charge is 0.312 e. The molecule has 0 spiro atoms. The molecule has 36 heavy (non-hydrogen) atoms. The topological polar surface area (TPSA) is 130 Å². The molecule has 0 aliphatic carbocycles. The van der Waals surface area contributed by atoms with Gasteiger partial charge in [-0.05, 0) is 42.4 Å². The fourth-order valence-corrected chi connectivity index (χ4v) is 3.68. The summed E-state index contributed by atoms with van der Waals surface area (Å²) < 4.78 is 0. The number of Topliss-reactive ketones (excluding diaryl/α,β-unsaturated/α-hetero) is 1. The zero-order valence-corrected chi connectivity index (χ0v) is 21.5. The molecule has 0 fully saturated rings. The van der Waals surface area contributed by atoms with Crippen LogP contribution in [0.1, 0.15) is 46.1 Å². The van der Waals surface area contributed by atoms with Gasteiger partial charge in [0.2, 0.25) is 11.8 Å². The lowest BCUT2D eigenvalue weighted by Crippen LogP contribution is -2.53. The summed E-state index contributed by atoms with van der Waals surface area (Å²) in [7, 11) is 0. The highest BCUT2D eigenvalue weighted by molar-refractivity contribution is 5.92. The fourth-order valence-electron chi connectivity index (χ4n) is 3.68. The number of nitrogens with two attached hydrogens (primary N) is 1. The van der Waals surface area contributed by atoms with E-state index in [4.69, 9.17) is 5.73 Å². The molecule has 8 heteroatoms. The van der Waals surface area contributed by atoms with Crippen LogP contribution in [0, 0.1) is 11.8 Å². The molecule has 8 nitrogen and oxygen atoms in total. The molecule has 2 aromatic carbocycles. The van der Waals surface area contributed by atoms with Crippen LogP contribution in [-0.2, 0) is 20.8 Å². The number of carbonyl (C=O) groups is 4. The van der Waals surface area contributed by atoms with Crippen molar-refractivity contribution in [3.05, 3.63) is 60.2 Å². The molecule has 0 saturated carbocycles. The van der Waals surface area contributed by atoms with Crippen molar-refractivity contribution in [1.29, 1.82) is 0 Å². The molecule has 2 rings (SSSR count). The van der Waals surface area contributed by atoms with Gasteiger partial charge in [-0.1, -0.05) is 75.4 Å². The van der Waals surface area contributed by atoms with Gasteiger partial charge >= 0.3 is 6.03 Å². The minimum atomic E-state index is -0.841. The zero-order chi connectivity index (χ0) is 26.7. The Kier molecular flexibility index (Phi) is 11.1. The van der Waals surface area contributed by atoms with E-state index in [1.807, 2.05) is 75.4 Å². The van der Waals surface area contributed by atoms with E-state index < -0.39 is 24.0 Å². The molecule has 0 bridgehead atoms. The summed E-state index contributed by atoms with van der Waals surface area (Å²) in [5, 5.41) is 8.14. The largest absolute Gasteiger partial charge is 0.352 e. The predicted octanol–water partition coefficient (Wildman–Crippen LogP) is 3.20. The summed E-state index contributed by atoms with van der Waals surface area (Å²) >= 11 is 0. The maximum Gasteiger partial charge on any atom is 0.312 e. The second kappa shape index (κ2) is 14.0. The standard InChI is InChI=1S/C28H38N4O4/c1-18(2)19(3)26(34)32-25(27(35)31-24(20(4)33)11-8-16-30-28(29)36)17-21-12-14-23(15-13-21)22-9-6-5-7-10-22/h5-7,9-10,12-15,18-19,24-25H,8,11,16-17H2,1-4H3,(H,31,35)(H,32,34)(H3,29,30,36)/t19-,24-,25-/m0/s1. The van der Waals surface area contributed by atoms with Crippen LogP contribution in [0.15, 0.2) is 54.6 Å². The first kappa shape index (κ1) is 28.6. The average molecular weight is 495 g/mol. The first-order valence-electron chi connectivity index (χ1n) is 12.4. The van der Waals surface area contributed by atoms with Crippen LogP contribution in [0.3, 0.4) is 0 Å². The molecular formula is C28H38N4O4. The molecule has 0 aliphatic rings. The van der Waals surface area contributed by atoms with E-state index in [9.17, 15) is 19.2 Å². The van der Waals surface area contributed by atoms with Crippen molar-refractivity contribution in [3.8, 4) is 11.1 Å². The highest BCUT2D eigenvalue weighted by Gasteiger charge is 2.27. The summed E-state index contributed by atoms with van der Waals surface area (Å²) in [6, 6.07) is 15.6. The van der Waals surface area contributed by atoms with E-state index in [0.29, 0.717) is 19.4 Å².